The Kier molecular flexibility index (Phi) is 8.50. The first-order valence-corrected chi connectivity index (χ1v) is 12.7. The molecule has 11 nitrogen and oxygen atoms in total. The third-order valence-corrected chi connectivity index (χ3v) is 6.27. The molecule has 1 aliphatic rings. The van der Waals surface area contributed by atoms with Crippen molar-refractivity contribution < 1.29 is 32.6 Å². The molecule has 0 N–H and O–H groups in total. The van der Waals surface area contributed by atoms with Crippen LogP contribution in [0, 0.1) is 6.92 Å². The molecule has 0 spiro atoms. The van der Waals surface area contributed by atoms with Gasteiger partial charge in [0.25, 0.3) is 6.43 Å². The zero-order valence-corrected chi connectivity index (χ0v) is 23.0. The third-order valence-electron chi connectivity index (χ3n) is 6.27. The molecule has 0 aliphatic carbocycles. The second-order valence-electron chi connectivity index (χ2n) is 10.2. The molecule has 13 heteroatoms. The van der Waals surface area contributed by atoms with Crippen LogP contribution in [0.1, 0.15) is 44.1 Å². The number of methoxy groups -OCH3 is 1. The van der Waals surface area contributed by atoms with E-state index in [9.17, 15) is 18.4 Å². The number of esters is 1. The highest BCUT2D eigenvalue weighted by atomic mass is 19.3. The Morgan fingerprint density at radius 1 is 1.07 bits per heavy atom. The van der Waals surface area contributed by atoms with Crippen molar-refractivity contribution in [2.24, 2.45) is 0 Å². The second kappa shape index (κ2) is 11.8. The summed E-state index contributed by atoms with van der Waals surface area (Å²) in [5.41, 5.74) is 1.83. The number of ether oxygens (including phenoxy) is 3. The monoisotopic (exact) mass is 558 g/mol. The van der Waals surface area contributed by atoms with Gasteiger partial charge in [0.1, 0.15) is 17.9 Å². The molecule has 3 aromatic rings. The van der Waals surface area contributed by atoms with Crippen molar-refractivity contribution in [3.8, 4) is 11.6 Å². The number of anilines is 1. The first kappa shape index (κ1) is 28.7. The summed E-state index contributed by atoms with van der Waals surface area (Å²) in [4.78, 5) is 32.9. The van der Waals surface area contributed by atoms with Crippen molar-refractivity contribution in [2.75, 3.05) is 31.6 Å². The summed E-state index contributed by atoms with van der Waals surface area (Å²) < 4.78 is 43.6. The Hall–Kier alpha value is -4.29. The van der Waals surface area contributed by atoms with Gasteiger partial charge in [0.15, 0.2) is 6.04 Å². The van der Waals surface area contributed by atoms with Crippen molar-refractivity contribution in [2.45, 2.75) is 52.4 Å². The van der Waals surface area contributed by atoms with Gasteiger partial charge in [-0.05, 0) is 45.9 Å². The van der Waals surface area contributed by atoms with Crippen LogP contribution in [-0.2, 0) is 20.9 Å². The molecule has 1 fully saturated rings. The molecule has 0 bridgehead atoms. The lowest BCUT2D eigenvalue weighted by Gasteiger charge is -2.41. The Balaban J connectivity index is 1.42. The number of hydrogen-bond donors (Lipinski definition) is 0. The molecule has 1 aliphatic heterocycles. The lowest BCUT2D eigenvalue weighted by molar-refractivity contribution is -0.147. The number of carbonyl (C=O) groups excluding carboxylic acids is 2. The van der Waals surface area contributed by atoms with Crippen LogP contribution in [0.2, 0.25) is 0 Å². The predicted octanol–water partition coefficient (Wildman–Crippen LogP) is 4.09. The van der Waals surface area contributed by atoms with Gasteiger partial charge in [-0.2, -0.15) is 0 Å². The minimum Gasteiger partial charge on any atom is -0.471 e. The smallest absolute Gasteiger partial charge is 0.411 e. The van der Waals surface area contributed by atoms with Crippen LogP contribution in [0.4, 0.5) is 19.3 Å². The molecule has 1 amide bonds. The molecule has 3 heterocycles. The summed E-state index contributed by atoms with van der Waals surface area (Å²) in [6.45, 7) is 8.11. The maximum Gasteiger partial charge on any atom is 0.411 e. The molecular formula is C27H32F2N6O5. The average Bonchev–Trinajstić information content (AvgIpc) is 3.30. The zero-order chi connectivity index (χ0) is 29.0. The van der Waals surface area contributed by atoms with E-state index in [2.05, 4.69) is 15.3 Å². The van der Waals surface area contributed by atoms with Crippen molar-refractivity contribution in [3.63, 3.8) is 0 Å². The van der Waals surface area contributed by atoms with E-state index >= 15 is 0 Å². The van der Waals surface area contributed by atoms with Crippen LogP contribution in [0.5, 0.6) is 5.88 Å². The van der Waals surface area contributed by atoms with Crippen LogP contribution in [0.3, 0.4) is 0 Å². The minimum absolute atomic E-state index is 0.0770. The van der Waals surface area contributed by atoms with Crippen molar-refractivity contribution in [1.82, 2.24) is 24.9 Å². The molecule has 1 unspecified atom stereocenters. The normalized spacial score (nSPS) is 15.8. The van der Waals surface area contributed by atoms with Gasteiger partial charge in [-0.25, -0.2) is 28.0 Å². The maximum absolute atomic E-state index is 12.9. The summed E-state index contributed by atoms with van der Waals surface area (Å²) in [6, 6.07) is 8.47. The van der Waals surface area contributed by atoms with Gasteiger partial charge in [0, 0.05) is 31.3 Å². The number of halogens is 2. The van der Waals surface area contributed by atoms with Gasteiger partial charge >= 0.3 is 12.1 Å². The topological polar surface area (TPSA) is 112 Å². The van der Waals surface area contributed by atoms with E-state index in [-0.39, 0.29) is 25.3 Å². The molecule has 4 rings (SSSR count). The van der Waals surface area contributed by atoms with Crippen LogP contribution in [0.25, 0.3) is 5.69 Å². The van der Waals surface area contributed by atoms with Gasteiger partial charge in [-0.15, -0.1) is 5.10 Å². The number of aryl methyl sites for hydroxylation is 1. The molecule has 0 saturated carbocycles. The Morgan fingerprint density at radius 3 is 2.38 bits per heavy atom. The molecule has 40 heavy (non-hydrogen) atoms. The van der Waals surface area contributed by atoms with Gasteiger partial charge in [-0.3, -0.25) is 4.90 Å². The number of piperazine rings is 1. The minimum atomic E-state index is -2.55. The van der Waals surface area contributed by atoms with Crippen molar-refractivity contribution in [1.29, 1.82) is 0 Å². The predicted molar refractivity (Wildman–Crippen MR) is 141 cm³/mol. The SMILES string of the molecule is COC(=O)C1CN(c2ccc(OCc3c(C)nnn3-c3ccc(C(F)F)cc3)nc2)CCN1C(=O)OC(C)(C)C. The highest BCUT2D eigenvalue weighted by Gasteiger charge is 2.38. The highest BCUT2D eigenvalue weighted by molar-refractivity contribution is 5.83. The van der Waals surface area contributed by atoms with E-state index in [4.69, 9.17) is 14.2 Å². The summed E-state index contributed by atoms with van der Waals surface area (Å²) >= 11 is 0. The third kappa shape index (κ3) is 6.64. The maximum atomic E-state index is 12.9. The molecular weight excluding hydrogens is 526 g/mol. The van der Waals surface area contributed by atoms with Crippen LogP contribution in [-0.4, -0.2) is 75.3 Å². The number of carbonyl (C=O) groups is 2. The van der Waals surface area contributed by atoms with Gasteiger partial charge < -0.3 is 19.1 Å². The number of rotatable bonds is 7. The van der Waals surface area contributed by atoms with E-state index in [1.165, 1.54) is 28.8 Å². The number of aromatic nitrogens is 4. The van der Waals surface area contributed by atoms with Gasteiger partial charge in [-0.1, -0.05) is 17.3 Å². The van der Waals surface area contributed by atoms with E-state index < -0.39 is 30.1 Å². The molecule has 1 aromatic carbocycles. The Morgan fingerprint density at radius 2 is 1.77 bits per heavy atom. The fraction of sp³-hybridized carbons (Fsp3) is 0.444. The number of pyridine rings is 1. The van der Waals surface area contributed by atoms with Crippen molar-refractivity contribution in [3.05, 3.63) is 59.5 Å². The van der Waals surface area contributed by atoms with E-state index in [1.54, 1.807) is 52.1 Å². The number of benzene rings is 1. The van der Waals surface area contributed by atoms with E-state index in [1.807, 2.05) is 11.0 Å². The lowest BCUT2D eigenvalue weighted by Crippen LogP contribution is -2.59. The summed E-state index contributed by atoms with van der Waals surface area (Å²) in [7, 11) is 1.28. The van der Waals surface area contributed by atoms with Crippen LogP contribution in [0.15, 0.2) is 42.6 Å². The Bertz CT molecular complexity index is 1320. The second-order valence-corrected chi connectivity index (χ2v) is 10.2. The standard InChI is InChI=1S/C27H32F2N6O5/c1-17-22(35(32-31-17)19-8-6-18(7-9-19)24(28)29)16-39-23-11-10-20(14-30-23)33-12-13-34(21(15-33)25(36)38-5)26(37)40-27(2,3)4/h6-11,14,21,24H,12-13,15-16H2,1-5H3. The number of nitrogens with zero attached hydrogens (tertiary/aromatic N) is 6. The molecule has 214 valence electrons. The van der Waals surface area contributed by atoms with Gasteiger partial charge in [0.2, 0.25) is 5.88 Å². The van der Waals surface area contributed by atoms with E-state index in [0.717, 1.165) is 5.69 Å². The highest BCUT2D eigenvalue weighted by Crippen LogP contribution is 2.24. The first-order chi connectivity index (χ1) is 19.0. The fourth-order valence-electron chi connectivity index (χ4n) is 4.19. The number of alkyl halides is 2. The fourth-order valence-corrected chi connectivity index (χ4v) is 4.19. The summed E-state index contributed by atoms with van der Waals surface area (Å²) in [5, 5.41) is 8.20. The molecule has 0 radical (unpaired) electrons. The van der Waals surface area contributed by atoms with Crippen molar-refractivity contribution >= 4 is 17.7 Å². The van der Waals surface area contributed by atoms with Gasteiger partial charge in [0.05, 0.1) is 30.4 Å². The molecule has 1 atom stereocenters. The van der Waals surface area contributed by atoms with Crippen LogP contribution >= 0.6 is 0 Å². The lowest BCUT2D eigenvalue weighted by atomic mass is 10.1. The van der Waals surface area contributed by atoms with E-state index in [0.29, 0.717) is 29.5 Å². The Labute approximate surface area is 230 Å². The average molecular weight is 559 g/mol. The summed E-state index contributed by atoms with van der Waals surface area (Å²) in [6.07, 6.45) is -1.50. The number of amides is 1. The van der Waals surface area contributed by atoms with Crippen LogP contribution < -0.4 is 9.64 Å². The first-order valence-electron chi connectivity index (χ1n) is 12.7. The molecule has 1 saturated heterocycles. The largest absolute Gasteiger partial charge is 0.471 e. The summed E-state index contributed by atoms with van der Waals surface area (Å²) in [5.74, 6) is -0.186. The number of hydrogen-bond acceptors (Lipinski definition) is 9. The zero-order valence-electron chi connectivity index (χ0n) is 23.0. The molecule has 2 aromatic heterocycles. The quantitative estimate of drug-likeness (QED) is 0.396.